The SMILES string of the molecule is C=C(Br)CN1CCCC(C(=O)Nc2ncccc2C)C1. The minimum Gasteiger partial charge on any atom is -0.310 e. The molecular formula is C15H20BrN3O. The second-order valence-corrected chi connectivity index (χ2v) is 6.37. The first-order valence-electron chi connectivity index (χ1n) is 6.84. The molecule has 2 rings (SSSR count). The third kappa shape index (κ3) is 4.15. The lowest BCUT2D eigenvalue weighted by atomic mass is 9.97. The van der Waals surface area contributed by atoms with E-state index in [9.17, 15) is 4.79 Å². The van der Waals surface area contributed by atoms with E-state index in [4.69, 9.17) is 0 Å². The molecule has 108 valence electrons. The maximum Gasteiger partial charge on any atom is 0.229 e. The molecule has 1 N–H and O–H groups in total. The molecule has 1 fully saturated rings. The van der Waals surface area contributed by atoms with Gasteiger partial charge in [-0.25, -0.2) is 4.98 Å². The minimum absolute atomic E-state index is 0.0250. The molecule has 2 heterocycles. The van der Waals surface area contributed by atoms with Gasteiger partial charge in [-0.1, -0.05) is 28.6 Å². The van der Waals surface area contributed by atoms with E-state index in [1.165, 1.54) is 0 Å². The molecule has 1 atom stereocenters. The van der Waals surface area contributed by atoms with Gasteiger partial charge in [-0.05, 0) is 37.9 Å². The van der Waals surface area contributed by atoms with Crippen LogP contribution in [-0.4, -0.2) is 35.4 Å². The number of rotatable bonds is 4. The first kappa shape index (κ1) is 15.2. The fourth-order valence-corrected chi connectivity index (χ4v) is 2.85. The number of anilines is 1. The maximum atomic E-state index is 12.3. The molecule has 0 bridgehead atoms. The number of hydrogen-bond donors (Lipinski definition) is 1. The van der Waals surface area contributed by atoms with Gasteiger partial charge in [0.2, 0.25) is 5.91 Å². The third-order valence-corrected chi connectivity index (χ3v) is 3.77. The van der Waals surface area contributed by atoms with E-state index in [-0.39, 0.29) is 11.8 Å². The summed E-state index contributed by atoms with van der Waals surface area (Å²) in [6.07, 6.45) is 3.67. The molecule has 0 spiro atoms. The summed E-state index contributed by atoms with van der Waals surface area (Å²) in [7, 11) is 0. The molecule has 1 aliphatic heterocycles. The minimum atomic E-state index is 0.0250. The fraction of sp³-hybridized carbons (Fsp3) is 0.467. The van der Waals surface area contributed by atoms with Gasteiger partial charge in [-0.2, -0.15) is 0 Å². The van der Waals surface area contributed by atoms with Crippen molar-refractivity contribution in [1.82, 2.24) is 9.88 Å². The standard InChI is InChI=1S/C15H20BrN3O/c1-11-5-3-7-17-14(11)18-15(20)13-6-4-8-19(10-13)9-12(2)16/h3,5,7,13H,2,4,6,8-10H2,1H3,(H,17,18,20). The highest BCUT2D eigenvalue weighted by atomic mass is 79.9. The van der Waals surface area contributed by atoms with Crippen LogP contribution in [0.25, 0.3) is 0 Å². The molecule has 1 saturated heterocycles. The van der Waals surface area contributed by atoms with Gasteiger partial charge in [-0.15, -0.1) is 0 Å². The predicted octanol–water partition coefficient (Wildman–Crippen LogP) is 2.95. The summed E-state index contributed by atoms with van der Waals surface area (Å²) < 4.78 is 0.958. The van der Waals surface area contributed by atoms with Crippen LogP contribution in [0.4, 0.5) is 5.82 Å². The van der Waals surface area contributed by atoms with Crippen molar-refractivity contribution in [2.45, 2.75) is 19.8 Å². The second-order valence-electron chi connectivity index (χ2n) is 5.25. The van der Waals surface area contributed by atoms with Crippen molar-refractivity contribution in [3.05, 3.63) is 35.0 Å². The molecule has 1 aliphatic rings. The number of amides is 1. The molecule has 5 heteroatoms. The zero-order valence-corrected chi connectivity index (χ0v) is 13.3. The summed E-state index contributed by atoms with van der Waals surface area (Å²) in [5.74, 6) is 0.758. The zero-order chi connectivity index (χ0) is 14.5. The average molecular weight is 338 g/mol. The summed E-state index contributed by atoms with van der Waals surface area (Å²) in [5.41, 5.74) is 0.988. The molecule has 0 aromatic carbocycles. The first-order chi connectivity index (χ1) is 9.56. The van der Waals surface area contributed by atoms with Crippen molar-refractivity contribution >= 4 is 27.7 Å². The molecule has 20 heavy (non-hydrogen) atoms. The van der Waals surface area contributed by atoms with Gasteiger partial charge in [0.25, 0.3) is 0 Å². The summed E-state index contributed by atoms with van der Waals surface area (Å²) in [6, 6.07) is 3.82. The Morgan fingerprint density at radius 3 is 3.15 bits per heavy atom. The highest BCUT2D eigenvalue weighted by Gasteiger charge is 2.26. The number of carbonyl (C=O) groups is 1. The number of halogens is 1. The van der Waals surface area contributed by atoms with Gasteiger partial charge in [0.1, 0.15) is 5.82 Å². The Labute approximate surface area is 128 Å². The highest BCUT2D eigenvalue weighted by molar-refractivity contribution is 9.11. The maximum absolute atomic E-state index is 12.3. The van der Waals surface area contributed by atoms with E-state index in [0.717, 1.165) is 42.5 Å². The van der Waals surface area contributed by atoms with Crippen molar-refractivity contribution < 1.29 is 4.79 Å². The average Bonchev–Trinajstić information content (AvgIpc) is 2.41. The third-order valence-electron chi connectivity index (χ3n) is 3.52. The van der Waals surface area contributed by atoms with Crippen LogP contribution in [0, 0.1) is 12.8 Å². The molecule has 0 saturated carbocycles. The Morgan fingerprint density at radius 1 is 1.65 bits per heavy atom. The number of likely N-dealkylation sites (tertiary alicyclic amines) is 1. The lowest BCUT2D eigenvalue weighted by Crippen LogP contribution is -2.41. The molecule has 1 aromatic heterocycles. The number of aryl methyl sites for hydroxylation is 1. The van der Waals surface area contributed by atoms with Gasteiger partial charge in [0, 0.05) is 23.8 Å². The fourth-order valence-electron chi connectivity index (χ4n) is 2.49. The van der Waals surface area contributed by atoms with Crippen LogP contribution in [0.3, 0.4) is 0 Å². The van der Waals surface area contributed by atoms with Crippen molar-refractivity contribution in [1.29, 1.82) is 0 Å². The van der Waals surface area contributed by atoms with E-state index in [1.807, 2.05) is 19.1 Å². The molecule has 0 radical (unpaired) electrons. The number of piperidine rings is 1. The first-order valence-corrected chi connectivity index (χ1v) is 7.63. The molecule has 1 unspecified atom stereocenters. The largest absolute Gasteiger partial charge is 0.310 e. The number of nitrogens with zero attached hydrogens (tertiary/aromatic N) is 2. The van der Waals surface area contributed by atoms with Crippen LogP contribution >= 0.6 is 15.9 Å². The Kier molecular flexibility index (Phi) is 5.31. The van der Waals surface area contributed by atoms with Crippen LogP contribution in [0.1, 0.15) is 18.4 Å². The van der Waals surface area contributed by atoms with Crippen LogP contribution in [-0.2, 0) is 4.79 Å². The van der Waals surface area contributed by atoms with Gasteiger partial charge in [0.05, 0.1) is 5.92 Å². The number of nitrogens with one attached hydrogen (secondary N) is 1. The molecule has 4 nitrogen and oxygen atoms in total. The summed E-state index contributed by atoms with van der Waals surface area (Å²) in [5, 5.41) is 2.94. The number of pyridine rings is 1. The van der Waals surface area contributed by atoms with E-state index < -0.39 is 0 Å². The Hall–Kier alpha value is -1.20. The lowest BCUT2D eigenvalue weighted by Gasteiger charge is -2.31. The van der Waals surface area contributed by atoms with Crippen LogP contribution < -0.4 is 5.32 Å². The molecular weight excluding hydrogens is 318 g/mol. The van der Waals surface area contributed by atoms with E-state index in [2.05, 4.69) is 37.7 Å². The number of aromatic nitrogens is 1. The molecule has 1 aromatic rings. The summed E-state index contributed by atoms with van der Waals surface area (Å²) in [6.45, 7) is 8.41. The summed E-state index contributed by atoms with van der Waals surface area (Å²) >= 11 is 3.38. The highest BCUT2D eigenvalue weighted by Crippen LogP contribution is 2.20. The Bertz CT molecular complexity index is 504. The molecule has 0 aliphatic carbocycles. The topological polar surface area (TPSA) is 45.2 Å². The predicted molar refractivity (Wildman–Crippen MR) is 84.8 cm³/mol. The van der Waals surface area contributed by atoms with E-state index in [1.54, 1.807) is 6.20 Å². The van der Waals surface area contributed by atoms with Crippen LogP contribution in [0.2, 0.25) is 0 Å². The Morgan fingerprint density at radius 2 is 2.45 bits per heavy atom. The van der Waals surface area contributed by atoms with Crippen molar-refractivity contribution in [3.63, 3.8) is 0 Å². The van der Waals surface area contributed by atoms with Gasteiger partial charge in [0.15, 0.2) is 0 Å². The smallest absolute Gasteiger partial charge is 0.229 e. The summed E-state index contributed by atoms with van der Waals surface area (Å²) in [4.78, 5) is 18.8. The second kappa shape index (κ2) is 6.99. The van der Waals surface area contributed by atoms with Crippen LogP contribution in [0.15, 0.2) is 29.4 Å². The zero-order valence-electron chi connectivity index (χ0n) is 11.7. The monoisotopic (exact) mass is 337 g/mol. The van der Waals surface area contributed by atoms with Gasteiger partial charge >= 0.3 is 0 Å². The van der Waals surface area contributed by atoms with Crippen molar-refractivity contribution in [2.75, 3.05) is 25.0 Å². The van der Waals surface area contributed by atoms with Crippen molar-refractivity contribution in [2.24, 2.45) is 5.92 Å². The quantitative estimate of drug-likeness (QED) is 0.918. The normalized spacial score (nSPS) is 19.6. The lowest BCUT2D eigenvalue weighted by molar-refractivity contribution is -0.121. The van der Waals surface area contributed by atoms with Crippen LogP contribution in [0.5, 0.6) is 0 Å². The van der Waals surface area contributed by atoms with E-state index >= 15 is 0 Å². The van der Waals surface area contributed by atoms with Crippen molar-refractivity contribution in [3.8, 4) is 0 Å². The molecule has 1 amide bonds. The van der Waals surface area contributed by atoms with Gasteiger partial charge < -0.3 is 5.32 Å². The van der Waals surface area contributed by atoms with Gasteiger partial charge in [-0.3, -0.25) is 9.69 Å². The number of carbonyl (C=O) groups excluding carboxylic acids is 1. The Balaban J connectivity index is 1.95. The number of hydrogen-bond acceptors (Lipinski definition) is 3. The van der Waals surface area contributed by atoms with E-state index in [0.29, 0.717) is 5.82 Å².